The summed E-state index contributed by atoms with van der Waals surface area (Å²) in [5.41, 5.74) is -1.37. The molecule has 1 heterocycles. The van der Waals surface area contributed by atoms with E-state index in [1.165, 1.54) is 18.6 Å². The lowest BCUT2D eigenvalue weighted by Crippen LogP contribution is -2.04. The average Bonchev–Trinajstić information content (AvgIpc) is 2.41. The predicted molar refractivity (Wildman–Crippen MR) is 66.2 cm³/mol. The summed E-state index contributed by atoms with van der Waals surface area (Å²) in [5, 5.41) is 20.0. The van der Waals surface area contributed by atoms with Gasteiger partial charge in [-0.25, -0.2) is 19.2 Å². The van der Waals surface area contributed by atoms with Crippen molar-refractivity contribution in [3.63, 3.8) is 0 Å². The van der Waals surface area contributed by atoms with E-state index in [1.807, 2.05) is 0 Å². The van der Waals surface area contributed by atoms with Gasteiger partial charge in [-0.3, -0.25) is 10.1 Å². The van der Waals surface area contributed by atoms with Crippen molar-refractivity contribution in [2.75, 3.05) is 0 Å². The molecule has 9 heteroatoms. The maximum atomic E-state index is 13.8. The van der Waals surface area contributed by atoms with Crippen molar-refractivity contribution in [2.24, 2.45) is 0 Å². The first kappa shape index (κ1) is 13.9. The molecule has 7 nitrogen and oxygen atoms in total. The van der Waals surface area contributed by atoms with Crippen LogP contribution >= 0.6 is 11.8 Å². The monoisotopic (exact) mass is 295 g/mol. The quantitative estimate of drug-likeness (QED) is 0.524. The summed E-state index contributed by atoms with van der Waals surface area (Å²) in [5.74, 6) is -2.38. The molecule has 0 aliphatic rings. The van der Waals surface area contributed by atoms with Gasteiger partial charge < -0.3 is 5.11 Å². The third-order valence-electron chi connectivity index (χ3n) is 2.25. The van der Waals surface area contributed by atoms with Crippen LogP contribution < -0.4 is 0 Å². The van der Waals surface area contributed by atoms with Gasteiger partial charge in [-0.05, 0) is 12.1 Å². The van der Waals surface area contributed by atoms with Gasteiger partial charge in [-0.1, -0.05) is 11.8 Å². The van der Waals surface area contributed by atoms with Crippen LogP contribution in [-0.2, 0) is 0 Å². The van der Waals surface area contributed by atoms with Crippen molar-refractivity contribution in [3.05, 3.63) is 52.2 Å². The lowest BCUT2D eigenvalue weighted by molar-refractivity contribution is -0.385. The Hall–Kier alpha value is -2.55. The average molecular weight is 295 g/mol. The van der Waals surface area contributed by atoms with E-state index >= 15 is 0 Å². The van der Waals surface area contributed by atoms with E-state index in [-0.39, 0.29) is 4.90 Å². The first-order valence-corrected chi connectivity index (χ1v) is 5.96. The van der Waals surface area contributed by atoms with Crippen LogP contribution in [0.2, 0.25) is 0 Å². The van der Waals surface area contributed by atoms with Crippen LogP contribution in [0.5, 0.6) is 0 Å². The van der Waals surface area contributed by atoms with Crippen LogP contribution in [0, 0.1) is 15.9 Å². The molecule has 2 rings (SSSR count). The fraction of sp³-hybridized carbons (Fsp3) is 0. The minimum atomic E-state index is -1.50. The molecule has 0 aliphatic carbocycles. The molecule has 0 fully saturated rings. The number of hydrogen-bond acceptors (Lipinski definition) is 6. The third kappa shape index (κ3) is 2.88. The molecule has 0 spiro atoms. The summed E-state index contributed by atoms with van der Waals surface area (Å²) in [6, 6.07) is 3.02. The Balaban J connectivity index is 2.47. The fourth-order valence-corrected chi connectivity index (χ4v) is 2.18. The lowest BCUT2D eigenvalue weighted by atomic mass is 10.2. The Morgan fingerprint density at radius 2 is 2.20 bits per heavy atom. The van der Waals surface area contributed by atoms with E-state index in [2.05, 4.69) is 9.97 Å². The van der Waals surface area contributed by atoms with Crippen molar-refractivity contribution >= 4 is 23.4 Å². The minimum absolute atomic E-state index is 0.0632. The molecule has 0 unspecified atom stereocenters. The van der Waals surface area contributed by atoms with Gasteiger partial charge in [0.2, 0.25) is 0 Å². The summed E-state index contributed by atoms with van der Waals surface area (Å²) >= 11 is 0.854. The topological polar surface area (TPSA) is 106 Å². The number of aromatic nitrogens is 2. The summed E-state index contributed by atoms with van der Waals surface area (Å²) in [7, 11) is 0. The first-order valence-electron chi connectivity index (χ1n) is 5.14. The maximum Gasteiger partial charge on any atom is 0.342 e. The normalized spacial score (nSPS) is 10.2. The Morgan fingerprint density at radius 3 is 2.75 bits per heavy atom. The highest BCUT2D eigenvalue weighted by molar-refractivity contribution is 7.99. The summed E-state index contributed by atoms with van der Waals surface area (Å²) in [6.07, 6.45) is 2.69. The number of carboxylic acid groups (broad SMARTS) is 1. The van der Waals surface area contributed by atoms with Crippen molar-refractivity contribution in [1.82, 2.24) is 9.97 Å². The summed E-state index contributed by atoms with van der Waals surface area (Å²) < 4.78 is 13.8. The van der Waals surface area contributed by atoms with Crippen molar-refractivity contribution in [3.8, 4) is 0 Å². The van der Waals surface area contributed by atoms with Gasteiger partial charge in [0.15, 0.2) is 0 Å². The Kier molecular flexibility index (Phi) is 3.89. The highest BCUT2D eigenvalue weighted by Gasteiger charge is 2.23. The second-order valence-electron chi connectivity index (χ2n) is 3.51. The lowest BCUT2D eigenvalue weighted by Gasteiger charge is -2.04. The van der Waals surface area contributed by atoms with Crippen molar-refractivity contribution in [1.29, 1.82) is 0 Å². The number of hydrogen-bond donors (Lipinski definition) is 1. The van der Waals surface area contributed by atoms with Gasteiger partial charge in [0.1, 0.15) is 22.7 Å². The molecule has 0 radical (unpaired) electrons. The Morgan fingerprint density at radius 1 is 1.45 bits per heavy atom. The number of nitro benzene ring substituents is 1. The molecule has 1 aromatic heterocycles. The Bertz CT molecular complexity index is 681. The van der Waals surface area contributed by atoms with E-state index in [0.29, 0.717) is 11.1 Å². The standard InChI is InChI=1S/C11H6FN3O4S/c12-7-4-8(15(18)19)6(11(16)17)3-9(7)20-10-1-2-13-5-14-10/h1-5H,(H,16,17). The molecule has 0 atom stereocenters. The van der Waals surface area contributed by atoms with Crippen LogP contribution in [0.3, 0.4) is 0 Å². The Labute approximate surface area is 115 Å². The molecule has 1 aromatic carbocycles. The van der Waals surface area contributed by atoms with E-state index in [1.54, 1.807) is 0 Å². The largest absolute Gasteiger partial charge is 0.477 e. The van der Waals surface area contributed by atoms with Crippen LogP contribution in [-0.4, -0.2) is 26.0 Å². The van der Waals surface area contributed by atoms with E-state index in [9.17, 15) is 19.3 Å². The number of nitro groups is 1. The molecule has 0 saturated heterocycles. The molecular weight excluding hydrogens is 289 g/mol. The van der Waals surface area contributed by atoms with Gasteiger partial charge in [0.25, 0.3) is 5.69 Å². The number of nitrogens with zero attached hydrogens (tertiary/aromatic N) is 3. The zero-order chi connectivity index (χ0) is 14.7. The number of halogens is 1. The second kappa shape index (κ2) is 5.61. The predicted octanol–water partition coefficient (Wildman–Crippen LogP) is 2.37. The molecule has 0 bridgehead atoms. The molecule has 1 N–H and O–H groups in total. The van der Waals surface area contributed by atoms with Crippen LogP contribution in [0.25, 0.3) is 0 Å². The SMILES string of the molecule is O=C(O)c1cc(Sc2ccncn2)c(F)cc1[N+](=O)[O-]. The highest BCUT2D eigenvalue weighted by atomic mass is 32.2. The second-order valence-corrected chi connectivity index (χ2v) is 4.57. The molecule has 0 saturated carbocycles. The van der Waals surface area contributed by atoms with E-state index in [0.717, 1.165) is 17.8 Å². The van der Waals surface area contributed by atoms with Crippen LogP contribution in [0.15, 0.2) is 40.6 Å². The van der Waals surface area contributed by atoms with E-state index in [4.69, 9.17) is 5.11 Å². The first-order chi connectivity index (χ1) is 9.49. The van der Waals surface area contributed by atoms with Crippen molar-refractivity contribution < 1.29 is 19.2 Å². The molecule has 20 heavy (non-hydrogen) atoms. The van der Waals surface area contributed by atoms with Gasteiger partial charge in [-0.2, -0.15) is 0 Å². The van der Waals surface area contributed by atoms with Gasteiger partial charge in [0, 0.05) is 6.20 Å². The zero-order valence-corrected chi connectivity index (χ0v) is 10.5. The van der Waals surface area contributed by atoms with Crippen molar-refractivity contribution in [2.45, 2.75) is 9.92 Å². The van der Waals surface area contributed by atoms with Gasteiger partial charge in [0.05, 0.1) is 15.9 Å². The molecule has 102 valence electrons. The van der Waals surface area contributed by atoms with Crippen LogP contribution in [0.4, 0.5) is 10.1 Å². The number of carbonyl (C=O) groups is 1. The van der Waals surface area contributed by atoms with Gasteiger partial charge in [-0.15, -0.1) is 0 Å². The summed E-state index contributed by atoms with van der Waals surface area (Å²) in [6.45, 7) is 0. The number of carboxylic acids is 1. The van der Waals surface area contributed by atoms with Crippen LogP contribution in [0.1, 0.15) is 10.4 Å². The molecule has 0 aliphatic heterocycles. The van der Waals surface area contributed by atoms with Gasteiger partial charge >= 0.3 is 5.97 Å². The summed E-state index contributed by atoms with van der Waals surface area (Å²) in [4.78, 5) is 28.2. The molecule has 2 aromatic rings. The maximum absolute atomic E-state index is 13.8. The third-order valence-corrected chi connectivity index (χ3v) is 3.23. The smallest absolute Gasteiger partial charge is 0.342 e. The number of benzene rings is 1. The number of aromatic carboxylic acids is 1. The number of rotatable bonds is 4. The highest BCUT2D eigenvalue weighted by Crippen LogP contribution is 2.32. The fourth-order valence-electron chi connectivity index (χ4n) is 1.40. The molecule has 0 amide bonds. The minimum Gasteiger partial charge on any atom is -0.477 e. The molecular formula is C11H6FN3O4S. The van der Waals surface area contributed by atoms with E-state index < -0.39 is 28.0 Å². The zero-order valence-electron chi connectivity index (χ0n) is 9.69.